The largest absolute Gasteiger partial charge is 0.385 e. The van der Waals surface area contributed by atoms with Crippen LogP contribution >= 0.6 is 0 Å². The van der Waals surface area contributed by atoms with Gasteiger partial charge in [0.1, 0.15) is 4.90 Å². The molecule has 150 valence electrons. The molecule has 1 unspecified atom stereocenters. The summed E-state index contributed by atoms with van der Waals surface area (Å²) >= 11 is 0. The van der Waals surface area contributed by atoms with Gasteiger partial charge >= 0.3 is 0 Å². The maximum atomic E-state index is 13.4. The summed E-state index contributed by atoms with van der Waals surface area (Å²) in [5.74, 6) is -1.58. The van der Waals surface area contributed by atoms with Gasteiger partial charge in [-0.3, -0.25) is 10.1 Å². The number of nitrogens with one attached hydrogen (secondary N) is 1. The van der Waals surface area contributed by atoms with Gasteiger partial charge in [0, 0.05) is 49.4 Å². The Morgan fingerprint density at radius 3 is 2.61 bits per heavy atom. The van der Waals surface area contributed by atoms with Crippen LogP contribution < -0.4 is 10.2 Å². The van der Waals surface area contributed by atoms with Crippen molar-refractivity contribution in [1.82, 2.24) is 0 Å². The van der Waals surface area contributed by atoms with Gasteiger partial charge in [-0.25, -0.2) is 17.2 Å². The van der Waals surface area contributed by atoms with Crippen molar-refractivity contribution in [2.75, 3.05) is 36.1 Å². The van der Waals surface area contributed by atoms with Crippen LogP contribution in [-0.4, -0.2) is 39.2 Å². The predicted molar refractivity (Wildman–Crippen MR) is 101 cm³/mol. The van der Waals surface area contributed by atoms with E-state index in [1.165, 1.54) is 30.3 Å². The third-order valence-electron chi connectivity index (χ3n) is 4.71. The summed E-state index contributed by atoms with van der Waals surface area (Å²) in [6.45, 7) is 1.83. The molecule has 1 atom stereocenters. The maximum Gasteiger partial charge on any atom is 0.288 e. The fourth-order valence-corrected chi connectivity index (χ4v) is 4.11. The quantitative estimate of drug-likeness (QED) is 0.580. The van der Waals surface area contributed by atoms with Crippen LogP contribution in [0.2, 0.25) is 0 Å². The van der Waals surface area contributed by atoms with Gasteiger partial charge in [-0.2, -0.15) is 0 Å². The molecule has 0 bridgehead atoms. The van der Waals surface area contributed by atoms with Crippen LogP contribution in [0.1, 0.15) is 6.42 Å². The molecule has 2 aromatic rings. The Morgan fingerprint density at radius 1 is 1.21 bits per heavy atom. The minimum atomic E-state index is -3.75. The molecule has 1 saturated heterocycles. The Kier molecular flexibility index (Phi) is 5.50. The van der Waals surface area contributed by atoms with Crippen molar-refractivity contribution >= 4 is 26.9 Å². The summed E-state index contributed by atoms with van der Waals surface area (Å²) in [6, 6.07) is 7.69. The van der Waals surface area contributed by atoms with Crippen LogP contribution in [-0.2, 0) is 9.84 Å². The van der Waals surface area contributed by atoms with Gasteiger partial charge in [0.25, 0.3) is 5.69 Å². The normalized spacial score (nSPS) is 17.0. The summed E-state index contributed by atoms with van der Waals surface area (Å²) in [7, 11) is -3.75. The van der Waals surface area contributed by atoms with Gasteiger partial charge < -0.3 is 10.2 Å². The standard InChI is InChI=1S/C18H19F2N3O4S/c1-28(26,27)18-8-13(2-5-17(18)23(24)25)21-10-12-6-7-22(11-12)14-3-4-15(19)16(20)9-14/h2-5,8-9,12,21H,6-7,10-11H2,1H3. The van der Waals surface area contributed by atoms with E-state index in [4.69, 9.17) is 0 Å². The molecule has 1 aliphatic heterocycles. The smallest absolute Gasteiger partial charge is 0.288 e. The van der Waals surface area contributed by atoms with E-state index in [2.05, 4.69) is 5.32 Å². The molecule has 0 spiro atoms. The molecule has 1 N–H and O–H groups in total. The number of hydrogen-bond acceptors (Lipinski definition) is 6. The molecule has 3 rings (SSSR count). The zero-order chi connectivity index (χ0) is 20.5. The number of nitro groups is 1. The number of rotatable bonds is 6. The SMILES string of the molecule is CS(=O)(=O)c1cc(NCC2CCN(c3ccc(F)c(F)c3)C2)ccc1[N+](=O)[O-]. The van der Waals surface area contributed by atoms with E-state index < -0.39 is 32.1 Å². The van der Waals surface area contributed by atoms with Gasteiger partial charge in [0.2, 0.25) is 0 Å². The van der Waals surface area contributed by atoms with Gasteiger partial charge in [0.05, 0.1) is 4.92 Å². The highest BCUT2D eigenvalue weighted by atomic mass is 32.2. The number of anilines is 2. The molecule has 0 amide bonds. The molecule has 1 heterocycles. The molecule has 28 heavy (non-hydrogen) atoms. The fraction of sp³-hybridized carbons (Fsp3) is 0.333. The first-order valence-corrected chi connectivity index (χ1v) is 10.5. The Bertz CT molecular complexity index is 1010. The first-order chi connectivity index (χ1) is 13.1. The van der Waals surface area contributed by atoms with Crippen LogP contribution in [0.25, 0.3) is 0 Å². The molecule has 2 aromatic carbocycles. The molecule has 1 aliphatic rings. The molecule has 10 heteroatoms. The number of nitrogens with zero attached hydrogens (tertiary/aromatic N) is 2. The van der Waals surface area contributed by atoms with E-state index in [1.54, 1.807) is 0 Å². The Balaban J connectivity index is 1.66. The predicted octanol–water partition coefficient (Wildman–Crippen LogP) is 3.21. The highest BCUT2D eigenvalue weighted by Crippen LogP contribution is 2.29. The lowest BCUT2D eigenvalue weighted by atomic mass is 10.1. The van der Waals surface area contributed by atoms with Crippen LogP contribution in [0.4, 0.5) is 25.8 Å². The lowest BCUT2D eigenvalue weighted by molar-refractivity contribution is -0.387. The molecule has 7 nitrogen and oxygen atoms in total. The highest BCUT2D eigenvalue weighted by molar-refractivity contribution is 7.90. The number of halogens is 2. The average Bonchev–Trinajstić information content (AvgIpc) is 3.10. The van der Waals surface area contributed by atoms with E-state index in [-0.39, 0.29) is 10.8 Å². The Labute approximate surface area is 161 Å². The topological polar surface area (TPSA) is 92.6 Å². The van der Waals surface area contributed by atoms with Crippen molar-refractivity contribution in [3.63, 3.8) is 0 Å². The van der Waals surface area contributed by atoms with Crippen LogP contribution in [0, 0.1) is 27.7 Å². The highest BCUT2D eigenvalue weighted by Gasteiger charge is 2.25. The van der Waals surface area contributed by atoms with Crippen molar-refractivity contribution in [2.24, 2.45) is 5.92 Å². The lowest BCUT2D eigenvalue weighted by Crippen LogP contribution is -2.22. The van der Waals surface area contributed by atoms with Crippen molar-refractivity contribution in [3.8, 4) is 0 Å². The zero-order valence-electron chi connectivity index (χ0n) is 15.1. The van der Waals surface area contributed by atoms with E-state index >= 15 is 0 Å². The Morgan fingerprint density at radius 2 is 1.96 bits per heavy atom. The summed E-state index contributed by atoms with van der Waals surface area (Å²) in [6.07, 6.45) is 1.74. The minimum absolute atomic E-state index is 0.199. The number of benzene rings is 2. The molecular weight excluding hydrogens is 392 g/mol. The number of hydrogen-bond donors (Lipinski definition) is 1. The third-order valence-corrected chi connectivity index (χ3v) is 5.83. The van der Waals surface area contributed by atoms with E-state index in [0.29, 0.717) is 31.0 Å². The monoisotopic (exact) mass is 411 g/mol. The summed E-state index contributed by atoms with van der Waals surface area (Å²) in [5.41, 5.74) is 0.617. The van der Waals surface area contributed by atoms with Gasteiger partial charge in [0.15, 0.2) is 21.5 Å². The van der Waals surface area contributed by atoms with Crippen LogP contribution in [0.3, 0.4) is 0 Å². The van der Waals surface area contributed by atoms with Gasteiger partial charge in [-0.05, 0) is 36.6 Å². The van der Waals surface area contributed by atoms with Gasteiger partial charge in [-0.1, -0.05) is 0 Å². The van der Waals surface area contributed by atoms with E-state index in [9.17, 15) is 27.3 Å². The molecule has 0 saturated carbocycles. The van der Waals surface area contributed by atoms with E-state index in [1.807, 2.05) is 4.90 Å². The lowest BCUT2D eigenvalue weighted by Gasteiger charge is -2.19. The first kappa shape index (κ1) is 20.0. The van der Waals surface area contributed by atoms with Crippen molar-refractivity contribution in [1.29, 1.82) is 0 Å². The van der Waals surface area contributed by atoms with Crippen molar-refractivity contribution in [3.05, 3.63) is 58.1 Å². The second kappa shape index (κ2) is 7.70. The fourth-order valence-electron chi connectivity index (χ4n) is 3.25. The molecule has 1 fully saturated rings. The summed E-state index contributed by atoms with van der Waals surface area (Å²) in [5, 5.41) is 14.1. The first-order valence-electron chi connectivity index (χ1n) is 8.57. The maximum absolute atomic E-state index is 13.4. The zero-order valence-corrected chi connectivity index (χ0v) is 15.9. The van der Waals surface area contributed by atoms with Crippen LogP contribution in [0.15, 0.2) is 41.3 Å². The molecule has 0 radical (unpaired) electrons. The van der Waals surface area contributed by atoms with Crippen LogP contribution in [0.5, 0.6) is 0 Å². The minimum Gasteiger partial charge on any atom is -0.385 e. The Hall–Kier alpha value is -2.75. The third kappa shape index (κ3) is 4.38. The average molecular weight is 411 g/mol. The second-order valence-electron chi connectivity index (χ2n) is 6.79. The number of nitro benzene ring substituents is 1. The summed E-state index contributed by atoms with van der Waals surface area (Å²) < 4.78 is 50.1. The van der Waals surface area contributed by atoms with Crippen molar-refractivity contribution < 1.29 is 22.1 Å². The molecule has 0 aromatic heterocycles. The summed E-state index contributed by atoms with van der Waals surface area (Å²) in [4.78, 5) is 11.9. The van der Waals surface area contributed by atoms with Gasteiger partial charge in [-0.15, -0.1) is 0 Å². The second-order valence-corrected chi connectivity index (χ2v) is 8.78. The molecular formula is C18H19F2N3O4S. The van der Waals surface area contributed by atoms with Crippen molar-refractivity contribution in [2.45, 2.75) is 11.3 Å². The van der Waals surface area contributed by atoms with E-state index in [0.717, 1.165) is 18.7 Å². The number of sulfone groups is 1. The molecule has 0 aliphatic carbocycles.